The van der Waals surface area contributed by atoms with E-state index in [0.29, 0.717) is 12.3 Å². The number of fused-ring (bicyclic) bond motifs is 4. The molecule has 0 unspecified atom stereocenters. The van der Waals surface area contributed by atoms with Gasteiger partial charge in [0.25, 0.3) is 0 Å². The second kappa shape index (κ2) is 7.95. The van der Waals surface area contributed by atoms with Crippen LogP contribution in [0.2, 0.25) is 0 Å². The number of amides is 2. The van der Waals surface area contributed by atoms with Gasteiger partial charge in [-0.25, -0.2) is 0 Å². The summed E-state index contributed by atoms with van der Waals surface area (Å²) in [4.78, 5) is 33.0. The molecule has 0 aromatic carbocycles. The van der Waals surface area contributed by atoms with Crippen LogP contribution in [-0.4, -0.2) is 81.4 Å². The van der Waals surface area contributed by atoms with Crippen molar-refractivity contribution in [3.05, 3.63) is 17.5 Å². The molecule has 5 heterocycles. The third-order valence-electron chi connectivity index (χ3n) is 7.06. The lowest BCUT2D eigenvalue weighted by molar-refractivity contribution is -0.165. The lowest BCUT2D eigenvalue weighted by atomic mass is 9.71. The van der Waals surface area contributed by atoms with Crippen LogP contribution in [0, 0.1) is 18.8 Å². The predicted octanol–water partition coefficient (Wildman–Crippen LogP) is 1.76. The Balaban J connectivity index is 1.40. The average molecular weight is 419 g/mol. The van der Waals surface area contributed by atoms with Gasteiger partial charge < -0.3 is 14.3 Å². The van der Waals surface area contributed by atoms with E-state index in [1.807, 2.05) is 34.6 Å². The average Bonchev–Trinajstić information content (AvgIpc) is 3.13. The molecule has 0 spiro atoms. The van der Waals surface area contributed by atoms with E-state index in [4.69, 9.17) is 4.52 Å². The molecule has 4 atom stereocenters. The summed E-state index contributed by atoms with van der Waals surface area (Å²) in [5.74, 6) is 3.88. The van der Waals surface area contributed by atoms with Crippen molar-refractivity contribution < 1.29 is 14.1 Å². The number of likely N-dealkylation sites (tertiary alicyclic amines) is 1. The van der Waals surface area contributed by atoms with Crippen LogP contribution in [0.15, 0.2) is 10.6 Å². The van der Waals surface area contributed by atoms with E-state index < -0.39 is 0 Å². The molecule has 4 fully saturated rings. The minimum Gasteiger partial charge on any atom is -0.361 e. The first kappa shape index (κ1) is 19.4. The van der Waals surface area contributed by atoms with Crippen LogP contribution in [0.5, 0.6) is 0 Å². The summed E-state index contributed by atoms with van der Waals surface area (Å²) >= 11 is 1.91. The van der Waals surface area contributed by atoms with Crippen LogP contribution in [0.1, 0.15) is 37.1 Å². The third-order valence-corrected chi connectivity index (χ3v) is 8.00. The van der Waals surface area contributed by atoms with Crippen molar-refractivity contribution in [1.82, 2.24) is 19.9 Å². The van der Waals surface area contributed by atoms with Crippen molar-refractivity contribution in [3.63, 3.8) is 0 Å². The maximum atomic E-state index is 13.6. The molecule has 0 aliphatic carbocycles. The molecule has 29 heavy (non-hydrogen) atoms. The summed E-state index contributed by atoms with van der Waals surface area (Å²) in [5.41, 5.74) is 0.954. The van der Waals surface area contributed by atoms with Gasteiger partial charge in [-0.05, 0) is 32.1 Å². The largest absolute Gasteiger partial charge is 0.361 e. The number of nitrogens with zero attached hydrogens (tertiary/aromatic N) is 4. The number of rotatable bonds is 3. The summed E-state index contributed by atoms with van der Waals surface area (Å²) in [6.07, 6.45) is 3.63. The molecular weight excluding hydrogens is 388 g/mol. The summed E-state index contributed by atoms with van der Waals surface area (Å²) in [6.45, 7) is 6.11. The van der Waals surface area contributed by atoms with Crippen LogP contribution < -0.4 is 0 Å². The van der Waals surface area contributed by atoms with Crippen molar-refractivity contribution >= 4 is 23.6 Å². The summed E-state index contributed by atoms with van der Waals surface area (Å²) < 4.78 is 5.25. The lowest BCUT2D eigenvalue weighted by Crippen LogP contribution is -2.68. The summed E-state index contributed by atoms with van der Waals surface area (Å²) in [6, 6.07) is 1.92. The number of hydrogen-bond donors (Lipinski definition) is 0. The van der Waals surface area contributed by atoms with Crippen molar-refractivity contribution in [2.75, 3.05) is 37.7 Å². The number of piperidine rings is 3. The SMILES string of the molecule is Cc1cc(CN2C[C@H]3C[C@@H](C2)[C@H](C(=O)N2CCSCC2)N2C(=O)CCC[C@@H]32)no1. The summed E-state index contributed by atoms with van der Waals surface area (Å²) in [5, 5.41) is 4.17. The van der Waals surface area contributed by atoms with Crippen molar-refractivity contribution in [2.45, 2.75) is 51.2 Å². The van der Waals surface area contributed by atoms with Gasteiger partial charge in [0.05, 0.1) is 5.69 Å². The van der Waals surface area contributed by atoms with Crippen LogP contribution in [0.4, 0.5) is 0 Å². The number of hydrogen-bond acceptors (Lipinski definition) is 6. The van der Waals surface area contributed by atoms with E-state index in [9.17, 15) is 9.59 Å². The Morgan fingerprint density at radius 3 is 2.83 bits per heavy atom. The standard InChI is InChI=1S/C21H30N4O3S/c1-14-9-17(22-28-14)13-23-11-15-10-16(12-23)20(21(27)24-5-7-29-8-6-24)25-18(15)3-2-4-19(25)26/h9,15-16,18,20H,2-8,10-13H2,1H3/t15-,16+,18+,20-/m1/s1. The minimum atomic E-state index is -0.283. The van der Waals surface area contributed by atoms with Gasteiger partial charge in [-0.15, -0.1) is 0 Å². The molecule has 4 aliphatic heterocycles. The Labute approximate surface area is 176 Å². The Hall–Kier alpha value is -1.54. The topological polar surface area (TPSA) is 69.9 Å². The highest BCUT2D eigenvalue weighted by molar-refractivity contribution is 7.99. The molecule has 0 saturated carbocycles. The molecule has 0 N–H and O–H groups in total. The number of thioether (sulfide) groups is 1. The van der Waals surface area contributed by atoms with E-state index in [2.05, 4.69) is 10.1 Å². The first-order valence-electron chi connectivity index (χ1n) is 10.9. The van der Waals surface area contributed by atoms with Crippen LogP contribution in [0.25, 0.3) is 0 Å². The van der Waals surface area contributed by atoms with Crippen LogP contribution >= 0.6 is 11.8 Å². The van der Waals surface area contributed by atoms with E-state index in [1.165, 1.54) is 0 Å². The monoisotopic (exact) mass is 418 g/mol. The van der Waals surface area contributed by atoms with E-state index in [-0.39, 0.29) is 29.8 Å². The molecule has 158 valence electrons. The zero-order valence-electron chi connectivity index (χ0n) is 17.1. The zero-order chi connectivity index (χ0) is 20.0. The molecular formula is C21H30N4O3S. The Bertz CT molecular complexity index is 778. The third kappa shape index (κ3) is 3.69. The minimum absolute atomic E-state index is 0.188. The highest BCUT2D eigenvalue weighted by Crippen LogP contribution is 2.42. The Kier molecular flexibility index (Phi) is 5.32. The van der Waals surface area contributed by atoms with Crippen LogP contribution in [-0.2, 0) is 16.1 Å². The molecule has 4 saturated heterocycles. The van der Waals surface area contributed by atoms with E-state index >= 15 is 0 Å². The first-order chi connectivity index (χ1) is 14.1. The highest BCUT2D eigenvalue weighted by atomic mass is 32.2. The van der Waals surface area contributed by atoms with Gasteiger partial charge in [0.2, 0.25) is 11.8 Å². The second-order valence-electron chi connectivity index (χ2n) is 9.02. The molecule has 2 bridgehead atoms. The quantitative estimate of drug-likeness (QED) is 0.745. The van der Waals surface area contributed by atoms with Crippen molar-refractivity contribution in [1.29, 1.82) is 0 Å². The molecule has 4 aliphatic rings. The Morgan fingerprint density at radius 1 is 1.28 bits per heavy atom. The molecule has 5 rings (SSSR count). The fraction of sp³-hybridized carbons (Fsp3) is 0.762. The maximum absolute atomic E-state index is 13.6. The van der Waals surface area contributed by atoms with Gasteiger partial charge in [0.1, 0.15) is 11.8 Å². The maximum Gasteiger partial charge on any atom is 0.245 e. The number of aryl methyl sites for hydroxylation is 1. The number of aromatic nitrogens is 1. The van der Waals surface area contributed by atoms with Gasteiger partial charge >= 0.3 is 0 Å². The normalized spacial score (nSPS) is 32.9. The lowest BCUT2D eigenvalue weighted by Gasteiger charge is -2.56. The highest BCUT2D eigenvalue weighted by Gasteiger charge is 2.52. The van der Waals surface area contributed by atoms with Gasteiger partial charge in [-0.2, -0.15) is 11.8 Å². The molecule has 1 aromatic heterocycles. The number of carbonyl (C=O) groups is 2. The van der Waals surface area contributed by atoms with E-state index in [1.54, 1.807) is 0 Å². The fourth-order valence-electron chi connectivity index (χ4n) is 5.89. The molecule has 7 nitrogen and oxygen atoms in total. The van der Waals surface area contributed by atoms with Gasteiger partial charge in [-0.3, -0.25) is 14.5 Å². The molecule has 0 radical (unpaired) electrons. The number of carbonyl (C=O) groups excluding carboxylic acids is 2. The molecule has 1 aromatic rings. The van der Waals surface area contributed by atoms with Crippen molar-refractivity contribution in [3.8, 4) is 0 Å². The summed E-state index contributed by atoms with van der Waals surface area (Å²) in [7, 11) is 0. The second-order valence-corrected chi connectivity index (χ2v) is 10.2. The van der Waals surface area contributed by atoms with Crippen LogP contribution in [0.3, 0.4) is 0 Å². The van der Waals surface area contributed by atoms with Gasteiger partial charge in [-0.1, -0.05) is 5.16 Å². The first-order valence-corrected chi connectivity index (χ1v) is 12.1. The smallest absolute Gasteiger partial charge is 0.245 e. The van der Waals surface area contributed by atoms with Gasteiger partial charge in [0, 0.05) is 68.7 Å². The van der Waals surface area contributed by atoms with Gasteiger partial charge in [0.15, 0.2) is 0 Å². The fourth-order valence-corrected chi connectivity index (χ4v) is 6.80. The van der Waals surface area contributed by atoms with Crippen molar-refractivity contribution in [2.24, 2.45) is 11.8 Å². The zero-order valence-corrected chi connectivity index (χ0v) is 17.9. The molecule has 8 heteroatoms. The molecule has 2 amide bonds. The van der Waals surface area contributed by atoms with E-state index in [0.717, 1.165) is 74.9 Å². The Morgan fingerprint density at radius 2 is 2.07 bits per heavy atom. The predicted molar refractivity (Wildman–Crippen MR) is 110 cm³/mol.